The molecule has 0 bridgehead atoms. The quantitative estimate of drug-likeness (QED) is 0.409. The van der Waals surface area contributed by atoms with Gasteiger partial charge in [-0.2, -0.15) is 0 Å². The van der Waals surface area contributed by atoms with E-state index in [-0.39, 0.29) is 5.78 Å². The normalized spacial score (nSPS) is 10.3. The summed E-state index contributed by atoms with van der Waals surface area (Å²) in [6.07, 6.45) is 0.543. The largest absolute Gasteiger partial charge is 0.497 e. The highest BCUT2D eigenvalue weighted by atomic mass is 32.2. The molecule has 0 unspecified atom stereocenters. The summed E-state index contributed by atoms with van der Waals surface area (Å²) in [6.45, 7) is 2.49. The number of hydrogen-bond donors (Lipinski definition) is 0. The van der Waals surface area contributed by atoms with Crippen molar-refractivity contribution in [1.29, 1.82) is 0 Å². The van der Waals surface area contributed by atoms with Crippen LogP contribution in [0, 0.1) is 0 Å². The van der Waals surface area contributed by atoms with Gasteiger partial charge in [0.15, 0.2) is 5.78 Å². The molecule has 116 valence electrons. The summed E-state index contributed by atoms with van der Waals surface area (Å²) in [5.74, 6) is 2.63. The van der Waals surface area contributed by atoms with Gasteiger partial charge in [-0.25, -0.2) is 0 Å². The summed E-state index contributed by atoms with van der Waals surface area (Å²) in [4.78, 5) is 12.7. The molecule has 3 nitrogen and oxygen atoms in total. The number of thioether (sulfide) groups is 1. The van der Waals surface area contributed by atoms with Gasteiger partial charge in [0.05, 0.1) is 13.7 Å². The molecule has 0 saturated heterocycles. The Labute approximate surface area is 135 Å². The number of methoxy groups -OCH3 is 1. The van der Waals surface area contributed by atoms with Gasteiger partial charge >= 0.3 is 0 Å². The maximum atomic E-state index is 11.6. The molecular weight excluding hydrogens is 296 g/mol. The molecule has 2 rings (SSSR count). The first-order chi connectivity index (χ1) is 10.7. The van der Waals surface area contributed by atoms with Crippen molar-refractivity contribution in [3.63, 3.8) is 0 Å². The lowest BCUT2D eigenvalue weighted by Crippen LogP contribution is -2.00. The van der Waals surface area contributed by atoms with Gasteiger partial charge in [0, 0.05) is 28.7 Å². The van der Waals surface area contributed by atoms with E-state index in [1.807, 2.05) is 55.5 Å². The zero-order chi connectivity index (χ0) is 15.8. The molecule has 4 heteroatoms. The second kappa shape index (κ2) is 8.49. The molecule has 0 radical (unpaired) electrons. The Bertz CT molecular complexity index is 608. The second-order valence-corrected chi connectivity index (χ2v) is 5.85. The number of ether oxygens (including phenoxy) is 2. The van der Waals surface area contributed by atoms with E-state index >= 15 is 0 Å². The number of rotatable bonds is 8. The third-order valence-corrected chi connectivity index (χ3v) is 4.14. The Hall–Kier alpha value is -1.94. The molecule has 0 N–H and O–H groups in total. The van der Waals surface area contributed by atoms with Crippen molar-refractivity contribution in [3.05, 3.63) is 54.1 Å². The van der Waals surface area contributed by atoms with E-state index in [9.17, 15) is 4.79 Å². The molecule has 0 aliphatic carbocycles. The van der Waals surface area contributed by atoms with Crippen LogP contribution in [0.2, 0.25) is 0 Å². The van der Waals surface area contributed by atoms with Crippen LogP contribution in [0.4, 0.5) is 0 Å². The molecule has 2 aromatic carbocycles. The summed E-state index contributed by atoms with van der Waals surface area (Å²) in [7, 11) is 1.64. The van der Waals surface area contributed by atoms with Gasteiger partial charge in [-0.05, 0) is 24.3 Å². The van der Waals surface area contributed by atoms with Crippen LogP contribution in [-0.4, -0.2) is 25.3 Å². The minimum atomic E-state index is 0.179. The minimum Gasteiger partial charge on any atom is -0.497 e. The Balaban J connectivity index is 1.77. The lowest BCUT2D eigenvalue weighted by molar-refractivity contribution is 0.0988. The SMILES string of the molecule is CCC(=O)c1ccc(SCCOc2cccc(OC)c2)cc1. The van der Waals surface area contributed by atoms with Crippen LogP contribution in [0.25, 0.3) is 0 Å². The third-order valence-electron chi connectivity index (χ3n) is 3.16. The van der Waals surface area contributed by atoms with Crippen molar-refractivity contribution in [3.8, 4) is 11.5 Å². The van der Waals surface area contributed by atoms with E-state index in [1.54, 1.807) is 18.9 Å². The van der Waals surface area contributed by atoms with Crippen LogP contribution in [0.3, 0.4) is 0 Å². The number of Topliss-reactive ketones (excluding diaryl/α,β-unsaturated/α-hetero) is 1. The molecule has 2 aromatic rings. The van der Waals surface area contributed by atoms with Crippen molar-refractivity contribution in [1.82, 2.24) is 0 Å². The molecule has 0 amide bonds. The van der Waals surface area contributed by atoms with Crippen molar-refractivity contribution in [2.45, 2.75) is 18.2 Å². The van der Waals surface area contributed by atoms with Crippen LogP contribution in [0.15, 0.2) is 53.4 Å². The number of carbonyl (C=O) groups excluding carboxylic acids is 1. The predicted molar refractivity (Wildman–Crippen MR) is 90.3 cm³/mol. The first-order valence-electron chi connectivity index (χ1n) is 7.26. The Morgan fingerprint density at radius 1 is 1.09 bits per heavy atom. The van der Waals surface area contributed by atoms with E-state index in [1.165, 1.54) is 0 Å². The molecule has 0 fully saturated rings. The average molecular weight is 316 g/mol. The average Bonchev–Trinajstić information content (AvgIpc) is 2.58. The van der Waals surface area contributed by atoms with Gasteiger partial charge in [0.1, 0.15) is 11.5 Å². The predicted octanol–water partition coefficient (Wildman–Crippen LogP) is 4.46. The fourth-order valence-electron chi connectivity index (χ4n) is 1.95. The summed E-state index contributed by atoms with van der Waals surface area (Å²) in [5.41, 5.74) is 0.777. The minimum absolute atomic E-state index is 0.179. The molecule has 0 spiro atoms. The lowest BCUT2D eigenvalue weighted by atomic mass is 10.1. The van der Waals surface area contributed by atoms with E-state index < -0.39 is 0 Å². The summed E-state index contributed by atoms with van der Waals surface area (Å²) < 4.78 is 10.9. The molecule has 22 heavy (non-hydrogen) atoms. The Kier molecular flexibility index (Phi) is 6.34. The summed E-state index contributed by atoms with van der Waals surface area (Å²) >= 11 is 1.71. The molecule has 0 saturated carbocycles. The summed E-state index contributed by atoms with van der Waals surface area (Å²) in [6, 6.07) is 15.3. The standard InChI is InChI=1S/C18H20O3S/c1-3-18(19)14-7-9-17(10-8-14)22-12-11-21-16-6-4-5-15(13-16)20-2/h4-10,13H,3,11-12H2,1-2H3. The van der Waals surface area contributed by atoms with Crippen molar-refractivity contribution >= 4 is 17.5 Å². The maximum Gasteiger partial charge on any atom is 0.162 e. The fraction of sp³-hybridized carbons (Fsp3) is 0.278. The lowest BCUT2D eigenvalue weighted by Gasteiger charge is -2.08. The van der Waals surface area contributed by atoms with E-state index in [2.05, 4.69) is 0 Å². The molecule has 0 aromatic heterocycles. The van der Waals surface area contributed by atoms with Crippen molar-refractivity contribution in [2.75, 3.05) is 19.5 Å². The number of hydrogen-bond acceptors (Lipinski definition) is 4. The van der Waals surface area contributed by atoms with Gasteiger partial charge in [-0.15, -0.1) is 11.8 Å². The number of carbonyl (C=O) groups is 1. The topological polar surface area (TPSA) is 35.5 Å². The summed E-state index contributed by atoms with van der Waals surface area (Å²) in [5, 5.41) is 0. The first-order valence-corrected chi connectivity index (χ1v) is 8.24. The highest BCUT2D eigenvalue weighted by Crippen LogP contribution is 2.21. The van der Waals surface area contributed by atoms with Gasteiger partial charge in [-0.1, -0.05) is 25.1 Å². The van der Waals surface area contributed by atoms with E-state index in [0.717, 1.165) is 27.7 Å². The highest BCUT2D eigenvalue weighted by molar-refractivity contribution is 7.99. The zero-order valence-corrected chi connectivity index (χ0v) is 13.7. The van der Waals surface area contributed by atoms with Crippen LogP contribution >= 0.6 is 11.8 Å². The molecule has 0 atom stereocenters. The fourth-order valence-corrected chi connectivity index (χ4v) is 2.68. The van der Waals surface area contributed by atoms with Gasteiger partial charge in [0.2, 0.25) is 0 Å². The second-order valence-electron chi connectivity index (χ2n) is 4.68. The van der Waals surface area contributed by atoms with Gasteiger partial charge in [0.25, 0.3) is 0 Å². The van der Waals surface area contributed by atoms with E-state index in [4.69, 9.17) is 9.47 Å². The van der Waals surface area contributed by atoms with Crippen LogP contribution in [0.1, 0.15) is 23.7 Å². The maximum absolute atomic E-state index is 11.6. The zero-order valence-electron chi connectivity index (χ0n) is 12.9. The Morgan fingerprint density at radius 2 is 1.82 bits per heavy atom. The van der Waals surface area contributed by atoms with Crippen LogP contribution in [-0.2, 0) is 0 Å². The Morgan fingerprint density at radius 3 is 2.50 bits per heavy atom. The number of ketones is 1. The molecule has 0 aliphatic rings. The monoisotopic (exact) mass is 316 g/mol. The van der Waals surface area contributed by atoms with Crippen molar-refractivity contribution < 1.29 is 14.3 Å². The smallest absolute Gasteiger partial charge is 0.162 e. The van der Waals surface area contributed by atoms with Crippen LogP contribution in [0.5, 0.6) is 11.5 Å². The van der Waals surface area contributed by atoms with E-state index in [0.29, 0.717) is 13.0 Å². The molecular formula is C18H20O3S. The van der Waals surface area contributed by atoms with Gasteiger partial charge < -0.3 is 9.47 Å². The highest BCUT2D eigenvalue weighted by Gasteiger charge is 2.03. The van der Waals surface area contributed by atoms with Crippen molar-refractivity contribution in [2.24, 2.45) is 0 Å². The molecule has 0 heterocycles. The third kappa shape index (κ3) is 4.81. The first kappa shape index (κ1) is 16.4. The molecule has 0 aliphatic heterocycles. The van der Waals surface area contributed by atoms with Gasteiger partial charge in [-0.3, -0.25) is 4.79 Å². The van der Waals surface area contributed by atoms with Crippen LogP contribution < -0.4 is 9.47 Å². The number of benzene rings is 2.